The van der Waals surface area contributed by atoms with Gasteiger partial charge in [-0.15, -0.1) is 0 Å². The largest absolute Gasteiger partial charge is 0.416 e. The van der Waals surface area contributed by atoms with Crippen LogP contribution >= 0.6 is 0 Å². The number of amides is 2. The molecule has 10 heteroatoms. The summed E-state index contributed by atoms with van der Waals surface area (Å²) in [6.45, 7) is 0.607. The molecule has 3 rings (SSSR count). The highest BCUT2D eigenvalue weighted by molar-refractivity contribution is 6.02. The topological polar surface area (TPSA) is 128 Å². The van der Waals surface area contributed by atoms with Crippen molar-refractivity contribution in [1.82, 2.24) is 4.90 Å². The van der Waals surface area contributed by atoms with Gasteiger partial charge in [0, 0.05) is 18.7 Å². The molecule has 1 fully saturated rings. The number of guanidine groups is 1. The van der Waals surface area contributed by atoms with Crippen molar-refractivity contribution in [3.05, 3.63) is 70.8 Å². The summed E-state index contributed by atoms with van der Waals surface area (Å²) in [7, 11) is 0. The third-order valence-corrected chi connectivity index (χ3v) is 5.70. The smallest absolute Gasteiger partial charge is 0.370 e. The number of carbonyl (C=O) groups is 2. The van der Waals surface area contributed by atoms with Gasteiger partial charge in [-0.1, -0.05) is 36.4 Å². The summed E-state index contributed by atoms with van der Waals surface area (Å²) < 4.78 is 41.2. The SMILES string of the molecule is NC(N)=NC(=O)c1ccc(C2CCN(C(=O)C(N)Cc3ccccc3)CC2)c(C(F)(F)F)c1. The number of halogens is 3. The molecule has 1 atom stereocenters. The van der Waals surface area contributed by atoms with Crippen LogP contribution in [-0.2, 0) is 17.4 Å². The Hall–Kier alpha value is -3.40. The van der Waals surface area contributed by atoms with Crippen molar-refractivity contribution in [2.24, 2.45) is 22.2 Å². The van der Waals surface area contributed by atoms with E-state index in [1.807, 2.05) is 30.3 Å². The monoisotopic (exact) mass is 461 g/mol. The molecule has 6 N–H and O–H groups in total. The van der Waals surface area contributed by atoms with E-state index in [2.05, 4.69) is 4.99 Å². The summed E-state index contributed by atoms with van der Waals surface area (Å²) in [6.07, 6.45) is -3.56. The predicted molar refractivity (Wildman–Crippen MR) is 118 cm³/mol. The van der Waals surface area contributed by atoms with Crippen LogP contribution in [0.5, 0.6) is 0 Å². The summed E-state index contributed by atoms with van der Waals surface area (Å²) in [4.78, 5) is 29.6. The highest BCUT2D eigenvalue weighted by Crippen LogP contribution is 2.39. The molecular formula is C23H26F3N5O2. The molecule has 0 aliphatic carbocycles. The van der Waals surface area contributed by atoms with Crippen LogP contribution in [0.1, 0.15) is 45.8 Å². The number of piperidine rings is 1. The summed E-state index contributed by atoms with van der Waals surface area (Å²) in [5, 5.41) is 0. The molecular weight excluding hydrogens is 435 g/mol. The van der Waals surface area contributed by atoms with E-state index < -0.39 is 35.6 Å². The quantitative estimate of drug-likeness (QED) is 0.465. The number of alkyl halides is 3. The van der Waals surface area contributed by atoms with E-state index >= 15 is 0 Å². The van der Waals surface area contributed by atoms with E-state index in [1.54, 1.807) is 4.90 Å². The molecule has 1 heterocycles. The van der Waals surface area contributed by atoms with Crippen LogP contribution in [0.4, 0.5) is 13.2 Å². The highest BCUT2D eigenvalue weighted by atomic mass is 19.4. The minimum absolute atomic E-state index is 0.0874. The molecule has 2 aromatic carbocycles. The zero-order valence-corrected chi connectivity index (χ0v) is 17.9. The average molecular weight is 461 g/mol. The Morgan fingerprint density at radius 1 is 1.06 bits per heavy atom. The first-order valence-corrected chi connectivity index (χ1v) is 10.5. The van der Waals surface area contributed by atoms with Gasteiger partial charge in [0.05, 0.1) is 11.6 Å². The molecule has 1 saturated heterocycles. The third-order valence-electron chi connectivity index (χ3n) is 5.70. The van der Waals surface area contributed by atoms with E-state index in [-0.39, 0.29) is 17.0 Å². The maximum Gasteiger partial charge on any atom is 0.416 e. The van der Waals surface area contributed by atoms with Gasteiger partial charge in [-0.3, -0.25) is 9.59 Å². The lowest BCUT2D eigenvalue weighted by Gasteiger charge is -2.34. The Morgan fingerprint density at radius 2 is 1.70 bits per heavy atom. The Labute approximate surface area is 189 Å². The number of aliphatic imine (C=N–C) groups is 1. The van der Waals surface area contributed by atoms with Crippen LogP contribution in [-0.4, -0.2) is 41.8 Å². The van der Waals surface area contributed by atoms with Crippen molar-refractivity contribution < 1.29 is 22.8 Å². The van der Waals surface area contributed by atoms with Crippen LogP contribution in [0.2, 0.25) is 0 Å². The minimum atomic E-state index is -4.66. The van der Waals surface area contributed by atoms with Gasteiger partial charge in [-0.2, -0.15) is 18.2 Å². The summed E-state index contributed by atoms with van der Waals surface area (Å²) >= 11 is 0. The molecule has 0 saturated carbocycles. The summed E-state index contributed by atoms with van der Waals surface area (Å²) in [6, 6.07) is 12.0. The van der Waals surface area contributed by atoms with Crippen molar-refractivity contribution in [3.63, 3.8) is 0 Å². The molecule has 1 aliphatic rings. The normalized spacial score (nSPS) is 15.7. The highest BCUT2D eigenvalue weighted by Gasteiger charge is 2.37. The van der Waals surface area contributed by atoms with Gasteiger partial charge >= 0.3 is 6.18 Å². The Balaban J connectivity index is 1.71. The molecule has 0 bridgehead atoms. The lowest BCUT2D eigenvalue weighted by atomic mass is 9.85. The number of carbonyl (C=O) groups excluding carboxylic acids is 2. The number of nitrogens with zero attached hydrogens (tertiary/aromatic N) is 2. The van der Waals surface area contributed by atoms with E-state index in [0.29, 0.717) is 32.4 Å². The molecule has 0 radical (unpaired) electrons. The maximum atomic E-state index is 13.7. The summed E-state index contributed by atoms with van der Waals surface area (Å²) in [5.74, 6) is -2.10. The predicted octanol–water partition coefficient (Wildman–Crippen LogP) is 2.40. The van der Waals surface area contributed by atoms with Crippen LogP contribution in [0.15, 0.2) is 53.5 Å². The average Bonchev–Trinajstić information content (AvgIpc) is 2.78. The van der Waals surface area contributed by atoms with Crippen LogP contribution in [0.3, 0.4) is 0 Å². The first-order valence-electron chi connectivity index (χ1n) is 10.5. The first kappa shape index (κ1) is 24.2. The van der Waals surface area contributed by atoms with Crippen molar-refractivity contribution in [2.75, 3.05) is 13.1 Å². The zero-order valence-electron chi connectivity index (χ0n) is 17.9. The van der Waals surface area contributed by atoms with Crippen LogP contribution in [0.25, 0.3) is 0 Å². The minimum Gasteiger partial charge on any atom is -0.370 e. The number of rotatable bonds is 5. The number of hydrogen-bond donors (Lipinski definition) is 3. The van der Waals surface area contributed by atoms with Crippen LogP contribution in [0, 0.1) is 0 Å². The Kier molecular flexibility index (Phi) is 7.37. The maximum absolute atomic E-state index is 13.7. The Morgan fingerprint density at radius 3 is 2.27 bits per heavy atom. The molecule has 1 unspecified atom stereocenters. The number of likely N-dealkylation sites (tertiary alicyclic amines) is 1. The molecule has 2 amide bonds. The van der Waals surface area contributed by atoms with Gasteiger partial charge in [0.2, 0.25) is 5.91 Å². The molecule has 0 spiro atoms. The molecule has 2 aromatic rings. The van der Waals surface area contributed by atoms with Crippen molar-refractivity contribution >= 4 is 17.8 Å². The second-order valence-corrected chi connectivity index (χ2v) is 8.04. The fourth-order valence-corrected chi connectivity index (χ4v) is 4.07. The summed E-state index contributed by atoms with van der Waals surface area (Å²) in [5.41, 5.74) is 16.3. The van der Waals surface area contributed by atoms with Gasteiger partial charge in [0.1, 0.15) is 0 Å². The number of nitrogens with two attached hydrogens (primary N) is 3. The second kappa shape index (κ2) is 10.0. The molecule has 1 aliphatic heterocycles. The number of hydrogen-bond acceptors (Lipinski definition) is 3. The van der Waals surface area contributed by atoms with Gasteiger partial charge in [0.15, 0.2) is 5.96 Å². The van der Waals surface area contributed by atoms with E-state index in [9.17, 15) is 22.8 Å². The first-order chi connectivity index (χ1) is 15.6. The lowest BCUT2D eigenvalue weighted by molar-refractivity contribution is -0.139. The second-order valence-electron chi connectivity index (χ2n) is 8.04. The van der Waals surface area contributed by atoms with E-state index in [4.69, 9.17) is 17.2 Å². The fourth-order valence-electron chi connectivity index (χ4n) is 4.07. The van der Waals surface area contributed by atoms with Crippen LogP contribution < -0.4 is 17.2 Å². The fraction of sp³-hybridized carbons (Fsp3) is 0.348. The lowest BCUT2D eigenvalue weighted by Crippen LogP contribution is -2.47. The molecule has 176 valence electrons. The third kappa shape index (κ3) is 6.10. The van der Waals surface area contributed by atoms with E-state index in [1.165, 1.54) is 12.1 Å². The molecule has 0 aromatic heterocycles. The van der Waals surface area contributed by atoms with Crippen molar-refractivity contribution in [3.8, 4) is 0 Å². The molecule has 33 heavy (non-hydrogen) atoms. The van der Waals surface area contributed by atoms with E-state index in [0.717, 1.165) is 11.6 Å². The molecule has 7 nitrogen and oxygen atoms in total. The van der Waals surface area contributed by atoms with Gasteiger partial charge < -0.3 is 22.1 Å². The van der Waals surface area contributed by atoms with Gasteiger partial charge in [0.25, 0.3) is 5.91 Å². The van der Waals surface area contributed by atoms with Crippen molar-refractivity contribution in [2.45, 2.75) is 37.4 Å². The Bertz CT molecular complexity index is 1030. The van der Waals surface area contributed by atoms with Gasteiger partial charge in [-0.25, -0.2) is 0 Å². The number of benzene rings is 2. The van der Waals surface area contributed by atoms with Crippen molar-refractivity contribution in [1.29, 1.82) is 0 Å². The van der Waals surface area contributed by atoms with Gasteiger partial charge in [-0.05, 0) is 48.4 Å². The zero-order chi connectivity index (χ0) is 24.2. The standard InChI is InChI=1S/C23H26F3N5O2/c24-23(25,26)18-13-16(20(32)30-22(28)29)6-7-17(18)15-8-10-31(11-9-15)21(33)19(27)12-14-4-2-1-3-5-14/h1-7,13,15,19H,8-12,27H2,(H4,28,29,30,32).